The molecule has 0 unspecified atom stereocenters. The van der Waals surface area contributed by atoms with Crippen LogP contribution in [-0.4, -0.2) is 30.6 Å². The molecule has 2 rings (SSSR count). The van der Waals surface area contributed by atoms with Gasteiger partial charge in [-0.05, 0) is 31.0 Å². The second kappa shape index (κ2) is 5.30. The second-order valence-electron chi connectivity index (χ2n) is 4.62. The molecule has 0 aliphatic carbocycles. The SMILES string of the molecule is Cc1ccc(CN2CCNC[C@@H]2C)c(Br)c1. The van der Waals surface area contributed by atoms with Crippen molar-refractivity contribution in [2.75, 3.05) is 19.6 Å². The molecule has 2 nitrogen and oxygen atoms in total. The van der Waals surface area contributed by atoms with E-state index in [0.717, 1.165) is 26.2 Å². The molecule has 0 radical (unpaired) electrons. The van der Waals surface area contributed by atoms with E-state index in [1.54, 1.807) is 0 Å². The Morgan fingerprint density at radius 3 is 3.00 bits per heavy atom. The van der Waals surface area contributed by atoms with E-state index in [-0.39, 0.29) is 0 Å². The average Bonchev–Trinajstić information content (AvgIpc) is 2.25. The Morgan fingerprint density at radius 2 is 2.31 bits per heavy atom. The quantitative estimate of drug-likeness (QED) is 0.897. The minimum Gasteiger partial charge on any atom is -0.314 e. The maximum atomic E-state index is 3.65. The number of hydrogen-bond acceptors (Lipinski definition) is 2. The first-order valence-corrected chi connectivity index (χ1v) is 6.66. The zero-order valence-electron chi connectivity index (χ0n) is 9.96. The van der Waals surface area contributed by atoms with Crippen LogP contribution in [0.25, 0.3) is 0 Å². The second-order valence-corrected chi connectivity index (χ2v) is 5.47. The Bertz CT molecular complexity index is 365. The van der Waals surface area contributed by atoms with Crippen LogP contribution >= 0.6 is 15.9 Å². The molecule has 3 heteroatoms. The van der Waals surface area contributed by atoms with Gasteiger partial charge in [0, 0.05) is 36.7 Å². The molecule has 0 spiro atoms. The third kappa shape index (κ3) is 2.84. The van der Waals surface area contributed by atoms with Crippen LogP contribution in [-0.2, 0) is 6.54 Å². The van der Waals surface area contributed by atoms with Gasteiger partial charge in [0.15, 0.2) is 0 Å². The molecule has 1 aromatic carbocycles. The molecule has 16 heavy (non-hydrogen) atoms. The van der Waals surface area contributed by atoms with Gasteiger partial charge in [-0.25, -0.2) is 0 Å². The normalized spacial score (nSPS) is 22.3. The Balaban J connectivity index is 2.07. The van der Waals surface area contributed by atoms with Crippen molar-refractivity contribution in [2.45, 2.75) is 26.4 Å². The lowest BCUT2D eigenvalue weighted by molar-refractivity contribution is 0.165. The lowest BCUT2D eigenvalue weighted by atomic mass is 10.1. The molecule has 0 aromatic heterocycles. The highest BCUT2D eigenvalue weighted by molar-refractivity contribution is 9.10. The van der Waals surface area contributed by atoms with Crippen LogP contribution in [0.2, 0.25) is 0 Å². The summed E-state index contributed by atoms with van der Waals surface area (Å²) >= 11 is 3.65. The molecular formula is C13H19BrN2. The number of hydrogen-bond donors (Lipinski definition) is 1. The molecule has 1 fully saturated rings. The zero-order chi connectivity index (χ0) is 11.5. The molecule has 0 saturated carbocycles. The largest absolute Gasteiger partial charge is 0.314 e. The van der Waals surface area contributed by atoms with E-state index < -0.39 is 0 Å². The molecule has 88 valence electrons. The first-order chi connectivity index (χ1) is 7.66. The third-order valence-corrected chi connectivity index (χ3v) is 3.96. The van der Waals surface area contributed by atoms with Gasteiger partial charge in [-0.3, -0.25) is 4.90 Å². The Kier molecular flexibility index (Phi) is 4.00. The van der Waals surface area contributed by atoms with Crippen molar-refractivity contribution >= 4 is 15.9 Å². The Morgan fingerprint density at radius 1 is 1.50 bits per heavy atom. The van der Waals surface area contributed by atoms with Crippen LogP contribution in [0.5, 0.6) is 0 Å². The van der Waals surface area contributed by atoms with E-state index in [9.17, 15) is 0 Å². The van der Waals surface area contributed by atoms with Crippen molar-refractivity contribution in [3.8, 4) is 0 Å². The van der Waals surface area contributed by atoms with Crippen molar-refractivity contribution in [1.82, 2.24) is 10.2 Å². The van der Waals surface area contributed by atoms with Gasteiger partial charge in [0.25, 0.3) is 0 Å². The van der Waals surface area contributed by atoms with Crippen molar-refractivity contribution < 1.29 is 0 Å². The fraction of sp³-hybridized carbons (Fsp3) is 0.538. The van der Waals surface area contributed by atoms with Crippen LogP contribution < -0.4 is 5.32 Å². The summed E-state index contributed by atoms with van der Waals surface area (Å²) in [4.78, 5) is 2.53. The van der Waals surface area contributed by atoms with Crippen molar-refractivity contribution in [3.63, 3.8) is 0 Å². The minimum absolute atomic E-state index is 0.627. The van der Waals surface area contributed by atoms with Crippen molar-refractivity contribution in [3.05, 3.63) is 33.8 Å². The number of halogens is 1. The van der Waals surface area contributed by atoms with Gasteiger partial charge in [-0.1, -0.05) is 28.1 Å². The molecule has 0 amide bonds. The topological polar surface area (TPSA) is 15.3 Å². The minimum atomic E-state index is 0.627. The summed E-state index contributed by atoms with van der Waals surface area (Å²) in [5, 5.41) is 3.42. The summed E-state index contributed by atoms with van der Waals surface area (Å²) in [6, 6.07) is 7.24. The van der Waals surface area contributed by atoms with Gasteiger partial charge in [0.05, 0.1) is 0 Å². The molecular weight excluding hydrogens is 264 g/mol. The Hall–Kier alpha value is -0.380. The number of rotatable bonds is 2. The van der Waals surface area contributed by atoms with E-state index >= 15 is 0 Å². The molecule has 1 heterocycles. The third-order valence-electron chi connectivity index (χ3n) is 3.22. The first kappa shape index (κ1) is 12.1. The predicted octanol–water partition coefficient (Wildman–Crippen LogP) is 2.55. The molecule has 1 aliphatic heterocycles. The highest BCUT2D eigenvalue weighted by atomic mass is 79.9. The van der Waals surface area contributed by atoms with Crippen LogP contribution in [0.15, 0.2) is 22.7 Å². The molecule has 1 N–H and O–H groups in total. The summed E-state index contributed by atoms with van der Waals surface area (Å²) in [6.07, 6.45) is 0. The maximum Gasteiger partial charge on any atom is 0.0248 e. The molecule has 1 saturated heterocycles. The lowest BCUT2D eigenvalue weighted by Gasteiger charge is -2.34. The first-order valence-electron chi connectivity index (χ1n) is 5.86. The lowest BCUT2D eigenvalue weighted by Crippen LogP contribution is -2.49. The standard InChI is InChI=1S/C13H19BrN2/c1-10-3-4-12(13(14)7-10)9-16-6-5-15-8-11(16)2/h3-4,7,11,15H,5-6,8-9H2,1-2H3/t11-/m0/s1. The van der Waals surface area contributed by atoms with Gasteiger partial charge in [0.1, 0.15) is 0 Å². The summed E-state index contributed by atoms with van der Waals surface area (Å²) in [7, 11) is 0. The smallest absolute Gasteiger partial charge is 0.0248 e. The average molecular weight is 283 g/mol. The van der Waals surface area contributed by atoms with E-state index in [1.807, 2.05) is 0 Å². The van der Waals surface area contributed by atoms with Crippen LogP contribution in [0.3, 0.4) is 0 Å². The summed E-state index contributed by atoms with van der Waals surface area (Å²) < 4.78 is 1.23. The molecule has 0 bridgehead atoms. The van der Waals surface area contributed by atoms with Gasteiger partial charge in [-0.15, -0.1) is 0 Å². The number of aryl methyl sites for hydroxylation is 1. The van der Waals surface area contributed by atoms with E-state index in [1.165, 1.54) is 15.6 Å². The maximum absolute atomic E-state index is 3.65. The van der Waals surface area contributed by atoms with Crippen LogP contribution in [0, 0.1) is 6.92 Å². The van der Waals surface area contributed by atoms with E-state index in [0.29, 0.717) is 6.04 Å². The fourth-order valence-electron chi connectivity index (χ4n) is 2.12. The number of nitrogens with one attached hydrogen (secondary N) is 1. The number of benzene rings is 1. The van der Waals surface area contributed by atoms with Crippen molar-refractivity contribution in [2.24, 2.45) is 0 Å². The highest BCUT2D eigenvalue weighted by Crippen LogP contribution is 2.21. The molecule has 1 atom stereocenters. The highest BCUT2D eigenvalue weighted by Gasteiger charge is 2.18. The van der Waals surface area contributed by atoms with Crippen molar-refractivity contribution in [1.29, 1.82) is 0 Å². The van der Waals surface area contributed by atoms with Gasteiger partial charge < -0.3 is 5.32 Å². The zero-order valence-corrected chi connectivity index (χ0v) is 11.5. The van der Waals surface area contributed by atoms with E-state index in [2.05, 4.69) is 58.2 Å². The monoisotopic (exact) mass is 282 g/mol. The summed E-state index contributed by atoms with van der Waals surface area (Å²) in [5.41, 5.74) is 2.70. The molecule has 1 aliphatic rings. The predicted molar refractivity (Wildman–Crippen MR) is 71.6 cm³/mol. The van der Waals surface area contributed by atoms with Crippen LogP contribution in [0.1, 0.15) is 18.1 Å². The number of piperazine rings is 1. The summed E-state index contributed by atoms with van der Waals surface area (Å²) in [5.74, 6) is 0. The summed E-state index contributed by atoms with van der Waals surface area (Å²) in [6.45, 7) is 8.80. The fourth-order valence-corrected chi connectivity index (χ4v) is 2.74. The van der Waals surface area contributed by atoms with Gasteiger partial charge >= 0.3 is 0 Å². The van der Waals surface area contributed by atoms with Gasteiger partial charge in [0.2, 0.25) is 0 Å². The van der Waals surface area contributed by atoms with Gasteiger partial charge in [-0.2, -0.15) is 0 Å². The number of nitrogens with zero attached hydrogens (tertiary/aromatic N) is 1. The van der Waals surface area contributed by atoms with Crippen LogP contribution in [0.4, 0.5) is 0 Å². The molecule has 1 aromatic rings. The van der Waals surface area contributed by atoms with E-state index in [4.69, 9.17) is 0 Å². The Labute approximate surface area is 106 Å².